The van der Waals surface area contributed by atoms with E-state index in [1.165, 1.54) is 11.3 Å². The van der Waals surface area contributed by atoms with Crippen LogP contribution in [0.2, 0.25) is 0 Å². The highest BCUT2D eigenvalue weighted by Gasteiger charge is 2.20. The van der Waals surface area contributed by atoms with Crippen LogP contribution in [0, 0.1) is 13.8 Å². The van der Waals surface area contributed by atoms with E-state index < -0.39 is 5.91 Å². The number of nitrogens with zero attached hydrogens (tertiary/aromatic N) is 2. The molecule has 6 nitrogen and oxygen atoms in total. The third-order valence-corrected chi connectivity index (χ3v) is 4.23. The number of carbonyl (C=O) groups is 2. The van der Waals surface area contributed by atoms with Gasteiger partial charge in [0.05, 0.1) is 11.3 Å². The lowest BCUT2D eigenvalue weighted by molar-refractivity contribution is 0.100. The van der Waals surface area contributed by atoms with E-state index in [9.17, 15) is 9.59 Å². The van der Waals surface area contributed by atoms with Gasteiger partial charge in [0.2, 0.25) is 0 Å². The predicted octanol–water partition coefficient (Wildman–Crippen LogP) is 2.36. The van der Waals surface area contributed by atoms with Crippen molar-refractivity contribution in [1.29, 1.82) is 0 Å². The van der Waals surface area contributed by atoms with Crippen molar-refractivity contribution in [2.45, 2.75) is 13.8 Å². The first-order chi connectivity index (χ1) is 10.5. The van der Waals surface area contributed by atoms with Crippen molar-refractivity contribution in [3.63, 3.8) is 0 Å². The van der Waals surface area contributed by atoms with Gasteiger partial charge in [0.15, 0.2) is 0 Å². The zero-order chi connectivity index (χ0) is 15.9. The number of hydrogen-bond donors (Lipinski definition) is 2. The molecule has 0 saturated heterocycles. The van der Waals surface area contributed by atoms with E-state index in [0.717, 1.165) is 4.88 Å². The topological polar surface area (TPSA) is 89.5 Å². The number of imidazole rings is 1. The van der Waals surface area contributed by atoms with Crippen LogP contribution >= 0.6 is 11.3 Å². The van der Waals surface area contributed by atoms with Gasteiger partial charge in [-0.1, -0.05) is 6.07 Å². The number of nitrogens with two attached hydrogens (primary N) is 1. The zero-order valence-electron chi connectivity index (χ0n) is 12.1. The van der Waals surface area contributed by atoms with Crippen LogP contribution in [0.3, 0.4) is 0 Å². The molecule has 0 unspecified atom stereocenters. The molecule has 0 fully saturated rings. The van der Waals surface area contributed by atoms with Crippen LogP contribution in [0.4, 0.5) is 5.00 Å². The molecule has 22 heavy (non-hydrogen) atoms. The minimum atomic E-state index is -0.561. The average molecular weight is 314 g/mol. The van der Waals surface area contributed by atoms with Crippen molar-refractivity contribution in [3.8, 4) is 0 Å². The van der Waals surface area contributed by atoms with Gasteiger partial charge in [0.1, 0.15) is 16.3 Å². The third-order valence-electron chi connectivity index (χ3n) is 3.27. The number of carbonyl (C=O) groups excluding carboxylic acids is 2. The Morgan fingerprint density at radius 3 is 2.82 bits per heavy atom. The first kappa shape index (κ1) is 14.3. The molecule has 3 N–H and O–H groups in total. The molecule has 112 valence electrons. The summed E-state index contributed by atoms with van der Waals surface area (Å²) in [7, 11) is 0. The lowest BCUT2D eigenvalue weighted by Gasteiger charge is -2.05. The Kier molecular flexibility index (Phi) is 3.42. The van der Waals surface area contributed by atoms with Crippen LogP contribution < -0.4 is 11.1 Å². The first-order valence-corrected chi connectivity index (χ1v) is 7.44. The summed E-state index contributed by atoms with van der Waals surface area (Å²) < 4.78 is 1.72. The second-order valence-corrected chi connectivity index (χ2v) is 6.15. The molecule has 3 heterocycles. The molecule has 0 spiro atoms. The maximum Gasteiger partial charge on any atom is 0.275 e. The van der Waals surface area contributed by atoms with E-state index in [1.54, 1.807) is 23.6 Å². The number of rotatable bonds is 3. The lowest BCUT2D eigenvalue weighted by atomic mass is 10.2. The number of fused-ring (bicyclic) bond motifs is 1. The number of anilines is 1. The molecule has 2 amide bonds. The van der Waals surface area contributed by atoms with Gasteiger partial charge in [-0.2, -0.15) is 0 Å². The molecule has 0 bridgehead atoms. The monoisotopic (exact) mass is 314 g/mol. The Morgan fingerprint density at radius 2 is 2.09 bits per heavy atom. The fourth-order valence-corrected chi connectivity index (χ4v) is 3.25. The maximum atomic E-state index is 12.6. The van der Waals surface area contributed by atoms with Gasteiger partial charge in [0, 0.05) is 11.1 Å². The van der Waals surface area contributed by atoms with Crippen molar-refractivity contribution >= 4 is 33.8 Å². The minimum Gasteiger partial charge on any atom is -0.366 e. The Hall–Kier alpha value is -2.67. The Balaban J connectivity index is 2.01. The van der Waals surface area contributed by atoms with Gasteiger partial charge in [-0.3, -0.25) is 14.0 Å². The summed E-state index contributed by atoms with van der Waals surface area (Å²) in [5.74, 6) is -0.880. The number of aryl methyl sites for hydroxylation is 2. The summed E-state index contributed by atoms with van der Waals surface area (Å²) in [4.78, 5) is 29.3. The molecule has 7 heteroatoms. The van der Waals surface area contributed by atoms with Gasteiger partial charge >= 0.3 is 0 Å². The molecule has 3 aromatic rings. The van der Waals surface area contributed by atoms with Gasteiger partial charge in [-0.25, -0.2) is 4.98 Å². The van der Waals surface area contributed by atoms with Crippen molar-refractivity contribution in [3.05, 3.63) is 52.3 Å². The second-order valence-electron chi connectivity index (χ2n) is 4.89. The number of pyridine rings is 1. The number of amides is 2. The number of primary amides is 1. The highest BCUT2D eigenvalue weighted by Crippen LogP contribution is 2.28. The van der Waals surface area contributed by atoms with Crippen molar-refractivity contribution in [1.82, 2.24) is 9.38 Å². The van der Waals surface area contributed by atoms with E-state index in [2.05, 4.69) is 10.3 Å². The Bertz CT molecular complexity index is 894. The van der Waals surface area contributed by atoms with E-state index in [-0.39, 0.29) is 5.91 Å². The third kappa shape index (κ3) is 2.35. The van der Waals surface area contributed by atoms with Gasteiger partial charge in [-0.05, 0) is 32.0 Å². The quantitative estimate of drug-likeness (QED) is 0.777. The molecule has 3 aromatic heterocycles. The molecule has 0 aliphatic rings. The second kappa shape index (κ2) is 5.27. The van der Waals surface area contributed by atoms with Crippen LogP contribution in [-0.2, 0) is 0 Å². The smallest absolute Gasteiger partial charge is 0.275 e. The predicted molar refractivity (Wildman–Crippen MR) is 85.5 cm³/mol. The summed E-state index contributed by atoms with van der Waals surface area (Å²) in [6.07, 6.45) is 1.78. The molecule has 0 aliphatic carbocycles. The van der Waals surface area contributed by atoms with E-state index in [0.29, 0.717) is 27.6 Å². The molecular formula is C15H14N4O2S. The van der Waals surface area contributed by atoms with Gasteiger partial charge < -0.3 is 11.1 Å². The standard InChI is InChI=1S/C15H14N4O2S/c1-8-7-10(13(16)20)15(22-8)18-14(21)12-9(2)17-11-5-3-4-6-19(11)12/h3-7H,1-2H3,(H2,16,20)(H,18,21). The number of aromatic nitrogens is 2. The fraction of sp³-hybridized carbons (Fsp3) is 0.133. The van der Waals surface area contributed by atoms with E-state index in [4.69, 9.17) is 5.73 Å². The molecule has 0 radical (unpaired) electrons. The largest absolute Gasteiger partial charge is 0.366 e. The van der Waals surface area contributed by atoms with Gasteiger partial charge in [0.25, 0.3) is 11.8 Å². The number of hydrogen-bond acceptors (Lipinski definition) is 4. The molecular weight excluding hydrogens is 300 g/mol. The number of thiophene rings is 1. The highest BCUT2D eigenvalue weighted by molar-refractivity contribution is 7.16. The summed E-state index contributed by atoms with van der Waals surface area (Å²) in [6, 6.07) is 7.18. The van der Waals surface area contributed by atoms with E-state index in [1.807, 2.05) is 25.1 Å². The minimum absolute atomic E-state index is 0.319. The normalized spacial score (nSPS) is 10.8. The summed E-state index contributed by atoms with van der Waals surface area (Å²) in [6.45, 7) is 3.63. The first-order valence-electron chi connectivity index (χ1n) is 6.62. The van der Waals surface area contributed by atoms with Crippen LogP contribution in [0.1, 0.15) is 31.4 Å². The van der Waals surface area contributed by atoms with Crippen LogP contribution in [0.25, 0.3) is 5.65 Å². The molecule has 0 atom stereocenters. The summed E-state index contributed by atoms with van der Waals surface area (Å²) in [5.41, 5.74) is 7.42. The van der Waals surface area contributed by atoms with Gasteiger partial charge in [-0.15, -0.1) is 11.3 Å². The SMILES string of the molecule is Cc1cc(C(N)=O)c(NC(=O)c2c(C)nc3ccccn23)s1. The number of nitrogens with one attached hydrogen (secondary N) is 1. The average Bonchev–Trinajstić information content (AvgIpc) is 2.97. The van der Waals surface area contributed by atoms with Crippen molar-refractivity contribution in [2.75, 3.05) is 5.32 Å². The zero-order valence-corrected chi connectivity index (χ0v) is 12.9. The van der Waals surface area contributed by atoms with Crippen molar-refractivity contribution < 1.29 is 9.59 Å². The maximum absolute atomic E-state index is 12.6. The van der Waals surface area contributed by atoms with Crippen molar-refractivity contribution in [2.24, 2.45) is 5.73 Å². The Labute approximate surface area is 130 Å². The summed E-state index contributed by atoms with van der Waals surface area (Å²) in [5, 5.41) is 3.22. The lowest BCUT2D eigenvalue weighted by Crippen LogP contribution is -2.18. The molecule has 0 saturated carbocycles. The van der Waals surface area contributed by atoms with E-state index >= 15 is 0 Å². The van der Waals surface area contributed by atoms with Crippen LogP contribution in [0.5, 0.6) is 0 Å². The van der Waals surface area contributed by atoms with Crippen LogP contribution in [0.15, 0.2) is 30.5 Å². The molecule has 3 rings (SSSR count). The molecule has 0 aromatic carbocycles. The highest BCUT2D eigenvalue weighted by atomic mass is 32.1. The summed E-state index contributed by atoms with van der Waals surface area (Å²) >= 11 is 1.32. The fourth-order valence-electron chi connectivity index (χ4n) is 2.34. The molecule has 0 aliphatic heterocycles. The van der Waals surface area contributed by atoms with Crippen LogP contribution in [-0.4, -0.2) is 21.2 Å². The Morgan fingerprint density at radius 1 is 1.32 bits per heavy atom.